The number of amides is 15. The average Bonchev–Trinajstić information content (AvgIpc) is 0.875. The maximum atomic E-state index is 14.6. The van der Waals surface area contributed by atoms with E-state index in [1.165, 1.54) is 86.6 Å². The number of carboxylic acids is 3. The molecule has 121 heavy (non-hydrogen) atoms. The molecule has 0 saturated heterocycles. The number of aliphatic hydroxyl groups is 1. The number of hydrogen-bond acceptors (Lipinski definition) is 26. The van der Waals surface area contributed by atoms with Crippen LogP contribution < -0.4 is 103 Å². The number of hydrogen-bond donors (Lipinski definition) is 28. The summed E-state index contributed by atoms with van der Waals surface area (Å²) in [7, 11) is 0. The van der Waals surface area contributed by atoms with E-state index in [1.54, 1.807) is 13.8 Å². The number of thiol groups is 1. The molecule has 0 aromatic heterocycles. The Bertz CT molecular complexity index is 4090. The summed E-state index contributed by atoms with van der Waals surface area (Å²) in [6.45, 7) is 3.10. The van der Waals surface area contributed by atoms with Crippen molar-refractivity contribution in [2.24, 2.45) is 34.8 Å². The molecule has 0 fully saturated rings. The number of benzene rings is 3. The molecular weight excluding hydrogens is 1610 g/mol. The number of phenols is 3. The van der Waals surface area contributed by atoms with Crippen LogP contribution in [0, 0.1) is 17.2 Å². The number of carbonyl (C=O) groups is 18. The van der Waals surface area contributed by atoms with Crippen LogP contribution in [0.3, 0.4) is 0 Å². The molecule has 0 aliphatic rings. The highest BCUT2D eigenvalue weighted by Gasteiger charge is 2.39. The average molecular weight is 1720 g/mol. The number of aliphatic carboxylic acids is 3. The summed E-state index contributed by atoms with van der Waals surface area (Å²) in [6, 6.07) is -5.30. The minimum Gasteiger partial charge on any atom is -0.508 e. The third kappa shape index (κ3) is 38.1. The molecule has 0 aliphatic carbocycles. The van der Waals surface area contributed by atoms with E-state index in [4.69, 9.17) is 28.3 Å². The van der Waals surface area contributed by atoms with Crippen LogP contribution in [-0.2, 0) is 106 Å². The number of nitrogens with two attached hydrogens (primary N) is 4. The number of aliphatic hydroxyl groups excluding tert-OH is 1. The van der Waals surface area contributed by atoms with Gasteiger partial charge in [-0.25, -0.2) is 4.79 Å². The zero-order chi connectivity index (χ0) is 90.8. The van der Waals surface area contributed by atoms with Crippen LogP contribution in [0.25, 0.3) is 0 Å². The first-order valence-electron chi connectivity index (χ1n) is 38.3. The van der Waals surface area contributed by atoms with Crippen molar-refractivity contribution in [3.05, 3.63) is 89.5 Å². The van der Waals surface area contributed by atoms with Gasteiger partial charge in [-0.15, -0.1) is 0 Å². The molecule has 3 rings (SSSR count). The maximum absolute atomic E-state index is 14.6. The summed E-state index contributed by atoms with van der Waals surface area (Å²) < 4.78 is 0. The number of unbranched alkanes of at least 4 members (excludes halogenated alkanes) is 1. The summed E-state index contributed by atoms with van der Waals surface area (Å²) in [5, 5.41) is 113. The Morgan fingerprint density at radius 2 is 0.760 bits per heavy atom. The van der Waals surface area contributed by atoms with E-state index in [2.05, 4.69) is 92.4 Å². The minimum atomic E-state index is -2.28. The van der Waals surface area contributed by atoms with Gasteiger partial charge in [0.1, 0.15) is 89.8 Å². The van der Waals surface area contributed by atoms with E-state index in [1.807, 2.05) is 0 Å². The standard InChI is InChI=1S/C75H110N20O25S/c1-5-38(4)62(94-56(101)32-77)73(118)95-61(37(2)3)72(117)87-47(23-24-55(78)100)65(110)92-53(35-96)71(116)89-50(29-41-15-21-44(99)22-16-41)68(113)90-52(31-60(106)107)70(115)91-51(30-59(104)105)69(114)88-49(28-40-13-19-43(98)20-14-40)67(112)86-46(9-6-7-25-76)64(109)83-33-57(102)84-45(10-8-26-81-75(79)80)63(108)82-34-58(103)85-48(27-39-11-17-42(97)18-12-39)66(111)93-54(36-121)74(119)120/h11-22,37-38,45-54,61-62,96-99,121H,5-10,23-36,76-77H2,1-4H3,(H2,78,100)(H,82,108)(H,83,109)(H,84,102)(H,85,103)(H,86,112)(H,87,117)(H,88,114)(H,89,116)(H,90,113)(H,91,115)(H,92,110)(H,93,111)(H,94,101)(H,95,118)(H,104,105)(H,106,107)(H,119,120)(H4,79,80,81)/t38-,45-,46-,47-,48-,49-,50-,51-,52-,53-,54-,61-,62-/m0/s1. The fourth-order valence-electron chi connectivity index (χ4n) is 11.4. The molecule has 0 spiro atoms. The van der Waals surface area contributed by atoms with Crippen molar-refractivity contribution in [3.63, 3.8) is 0 Å². The number of nitrogens with one attached hydrogen (secondary N) is 16. The van der Waals surface area contributed by atoms with Crippen molar-refractivity contribution in [1.29, 1.82) is 5.41 Å². The van der Waals surface area contributed by atoms with E-state index in [0.717, 1.165) is 0 Å². The molecule has 0 heterocycles. The quantitative estimate of drug-likeness (QED) is 0.0108. The molecule has 15 amide bonds. The Morgan fingerprint density at radius 3 is 1.15 bits per heavy atom. The van der Waals surface area contributed by atoms with E-state index in [9.17, 15) is 122 Å². The van der Waals surface area contributed by atoms with Gasteiger partial charge in [-0.3, -0.25) is 86.9 Å². The molecule has 0 radical (unpaired) electrons. The smallest absolute Gasteiger partial charge is 0.327 e. The molecule has 0 bridgehead atoms. The Balaban J connectivity index is 1.95. The zero-order valence-electron chi connectivity index (χ0n) is 66.9. The molecule has 666 valence electrons. The third-order valence-corrected chi connectivity index (χ3v) is 18.7. The lowest BCUT2D eigenvalue weighted by molar-refractivity contribution is -0.143. The van der Waals surface area contributed by atoms with Crippen molar-refractivity contribution >= 4 is 125 Å². The SMILES string of the molecule is CC[C@H](C)[C@H](NC(=O)CN)C(=O)N[C@H](C(=O)N[C@@H](CCC(N)=O)C(=O)N[C@@H](CO)C(=O)N[C@@H](Cc1ccc(O)cc1)C(=O)N[C@@H](CC(=O)O)C(=O)N[C@@H](CC(=O)O)C(=O)N[C@@H](Cc1ccc(O)cc1)C(=O)N[C@@H](CCCCN)C(=O)NCC(=O)N[C@@H](CCCNC(=N)N)C(=O)NCC(=O)N[C@@H](Cc1ccc(O)cc1)C(=O)N[C@@H](CS)C(=O)O)C(C)C. The molecule has 0 unspecified atom stereocenters. The number of guanidine groups is 1. The predicted octanol–water partition coefficient (Wildman–Crippen LogP) is -7.84. The van der Waals surface area contributed by atoms with Crippen molar-refractivity contribution in [2.75, 3.05) is 45.1 Å². The van der Waals surface area contributed by atoms with Crippen LogP contribution in [0.1, 0.15) is 109 Å². The fourth-order valence-corrected chi connectivity index (χ4v) is 11.7. The molecule has 45 nitrogen and oxygen atoms in total. The van der Waals surface area contributed by atoms with Gasteiger partial charge in [0, 0.05) is 38.0 Å². The first kappa shape index (κ1) is 102. The Hall–Kier alpha value is -13.0. The number of phenolic OH excluding ortho intramolecular Hbond substituents is 3. The number of carboxylic acid groups (broad SMARTS) is 3. The summed E-state index contributed by atoms with van der Waals surface area (Å²) in [5.41, 5.74) is 22.8. The molecule has 0 aliphatic heterocycles. The van der Waals surface area contributed by atoms with E-state index in [0.29, 0.717) is 12.0 Å². The Morgan fingerprint density at radius 1 is 0.405 bits per heavy atom. The second-order valence-corrected chi connectivity index (χ2v) is 28.7. The molecule has 0 saturated carbocycles. The lowest BCUT2D eigenvalue weighted by Gasteiger charge is -2.29. The topological polar surface area (TPSA) is 757 Å². The van der Waals surface area contributed by atoms with Crippen molar-refractivity contribution in [2.45, 2.75) is 184 Å². The second-order valence-electron chi connectivity index (χ2n) is 28.3. The van der Waals surface area contributed by atoms with Gasteiger partial charge in [-0.1, -0.05) is 70.5 Å². The van der Waals surface area contributed by atoms with Crippen LogP contribution in [0.5, 0.6) is 17.2 Å². The summed E-state index contributed by atoms with van der Waals surface area (Å²) >= 11 is 3.95. The van der Waals surface area contributed by atoms with E-state index < -0.39 is 262 Å². The summed E-state index contributed by atoms with van der Waals surface area (Å²) in [6.07, 6.45) is -4.64. The molecule has 3 aromatic carbocycles. The third-order valence-electron chi connectivity index (χ3n) is 18.3. The monoisotopic (exact) mass is 1720 g/mol. The first-order chi connectivity index (χ1) is 57.1. The number of aromatic hydroxyl groups is 3. The van der Waals surface area contributed by atoms with Gasteiger partial charge in [-0.2, -0.15) is 12.6 Å². The van der Waals surface area contributed by atoms with Gasteiger partial charge in [0.2, 0.25) is 88.6 Å². The van der Waals surface area contributed by atoms with Crippen LogP contribution in [0.2, 0.25) is 0 Å². The van der Waals surface area contributed by atoms with Gasteiger partial charge >= 0.3 is 17.9 Å². The normalized spacial score (nSPS) is 14.2. The Labute approximate surface area is 699 Å². The minimum absolute atomic E-state index is 0.00358. The van der Waals surface area contributed by atoms with Gasteiger partial charge in [-0.05, 0) is 110 Å². The van der Waals surface area contributed by atoms with Crippen molar-refractivity contribution < 1.29 is 122 Å². The van der Waals surface area contributed by atoms with E-state index in [-0.39, 0.29) is 85.7 Å². The fraction of sp³-hybridized carbons (Fsp3) is 0.507. The van der Waals surface area contributed by atoms with Gasteiger partial charge in [0.15, 0.2) is 5.96 Å². The maximum Gasteiger partial charge on any atom is 0.327 e. The van der Waals surface area contributed by atoms with Gasteiger partial charge in [0.25, 0.3) is 0 Å². The van der Waals surface area contributed by atoms with Crippen LogP contribution in [0.15, 0.2) is 72.8 Å². The second kappa shape index (κ2) is 52.7. The molecule has 46 heteroatoms. The molecule has 31 N–H and O–H groups in total. The van der Waals surface area contributed by atoms with Crippen LogP contribution in [0.4, 0.5) is 0 Å². The summed E-state index contributed by atoms with van der Waals surface area (Å²) in [5.74, 6) is -24.2. The van der Waals surface area contributed by atoms with Crippen LogP contribution in [-0.4, -0.2) is 266 Å². The lowest BCUT2D eigenvalue weighted by atomic mass is 9.96. The van der Waals surface area contributed by atoms with E-state index >= 15 is 0 Å². The van der Waals surface area contributed by atoms with Crippen molar-refractivity contribution in [3.8, 4) is 17.2 Å². The van der Waals surface area contributed by atoms with Crippen molar-refractivity contribution in [1.82, 2.24) is 79.8 Å². The van der Waals surface area contributed by atoms with Gasteiger partial charge < -0.3 is 138 Å². The highest BCUT2D eigenvalue weighted by molar-refractivity contribution is 7.80. The lowest BCUT2D eigenvalue weighted by Crippen LogP contribution is -2.62. The highest BCUT2D eigenvalue weighted by atomic mass is 32.1. The largest absolute Gasteiger partial charge is 0.508 e. The molecular formula is C75H110N20O25S. The van der Waals surface area contributed by atoms with Gasteiger partial charge in [0.05, 0.1) is 39.1 Å². The zero-order valence-corrected chi connectivity index (χ0v) is 67.8. The molecule has 13 atom stereocenters. The Kier molecular flexibility index (Phi) is 44.6. The first-order valence-corrected chi connectivity index (χ1v) is 38.9. The van der Waals surface area contributed by atoms with Crippen LogP contribution >= 0.6 is 12.6 Å². The summed E-state index contributed by atoms with van der Waals surface area (Å²) in [4.78, 5) is 243. The number of carbonyl (C=O) groups excluding carboxylic acids is 15. The number of primary amides is 1. The predicted molar refractivity (Wildman–Crippen MR) is 432 cm³/mol. The molecule has 3 aromatic rings. The highest BCUT2D eigenvalue weighted by Crippen LogP contribution is 2.18. The number of rotatable bonds is 55.